The Morgan fingerprint density at radius 3 is 2.83 bits per heavy atom. The molecule has 18 heavy (non-hydrogen) atoms. The van der Waals surface area contributed by atoms with Gasteiger partial charge in [0.15, 0.2) is 0 Å². The van der Waals surface area contributed by atoms with Crippen LogP contribution in [0.25, 0.3) is 0 Å². The minimum atomic E-state index is 0.268. The highest BCUT2D eigenvalue weighted by molar-refractivity contribution is 5.79. The van der Waals surface area contributed by atoms with E-state index in [4.69, 9.17) is 10.9 Å². The molecule has 0 unspecified atom stereocenters. The van der Waals surface area contributed by atoms with Crippen molar-refractivity contribution < 1.29 is 5.21 Å². The molecule has 0 amide bonds. The van der Waals surface area contributed by atoms with Gasteiger partial charge in [-0.2, -0.15) is 5.10 Å². The number of amidine groups is 1. The molecule has 0 saturated heterocycles. The molecule has 0 aliphatic heterocycles. The van der Waals surface area contributed by atoms with E-state index < -0.39 is 0 Å². The van der Waals surface area contributed by atoms with Gasteiger partial charge in [0.05, 0.1) is 6.20 Å². The average Bonchev–Trinajstić information content (AvgIpc) is 2.81. The van der Waals surface area contributed by atoms with Crippen LogP contribution in [0.3, 0.4) is 0 Å². The van der Waals surface area contributed by atoms with Gasteiger partial charge in [0.1, 0.15) is 5.84 Å². The predicted octanol–water partition coefficient (Wildman–Crippen LogP) is 1.25. The minimum absolute atomic E-state index is 0.268. The average molecular weight is 253 g/mol. The first-order valence-electron chi connectivity index (χ1n) is 6.28. The zero-order chi connectivity index (χ0) is 13.5. The van der Waals surface area contributed by atoms with Crippen LogP contribution in [0.15, 0.2) is 17.5 Å². The molecule has 0 atom stereocenters. The standard InChI is InChI=1S/C12H23N5O/c1-4-17-9-11(7-14-17)8-16(10(2)3)6-5-12(13)15-18/h7,9-10,18H,4-6,8H2,1-3H3,(H2,13,15). The van der Waals surface area contributed by atoms with Gasteiger partial charge in [-0.1, -0.05) is 5.16 Å². The summed E-state index contributed by atoms with van der Waals surface area (Å²) in [5.41, 5.74) is 6.68. The van der Waals surface area contributed by atoms with E-state index in [-0.39, 0.29) is 5.84 Å². The summed E-state index contributed by atoms with van der Waals surface area (Å²) in [6, 6.07) is 0.404. The van der Waals surface area contributed by atoms with Crippen molar-refractivity contribution in [3.63, 3.8) is 0 Å². The highest BCUT2D eigenvalue weighted by Crippen LogP contribution is 2.08. The number of nitrogens with zero attached hydrogens (tertiary/aromatic N) is 4. The molecule has 1 rings (SSSR count). The van der Waals surface area contributed by atoms with Gasteiger partial charge < -0.3 is 10.9 Å². The molecule has 3 N–H and O–H groups in total. The zero-order valence-electron chi connectivity index (χ0n) is 11.4. The van der Waals surface area contributed by atoms with Gasteiger partial charge in [-0.05, 0) is 20.8 Å². The molecule has 1 aromatic rings. The third-order valence-corrected chi connectivity index (χ3v) is 2.91. The van der Waals surface area contributed by atoms with Crippen LogP contribution in [0, 0.1) is 0 Å². The fourth-order valence-electron chi connectivity index (χ4n) is 1.72. The quantitative estimate of drug-likeness (QED) is 0.332. The van der Waals surface area contributed by atoms with Gasteiger partial charge >= 0.3 is 0 Å². The van der Waals surface area contributed by atoms with Crippen LogP contribution >= 0.6 is 0 Å². The molecule has 102 valence electrons. The Kier molecular flexibility index (Phi) is 5.64. The largest absolute Gasteiger partial charge is 0.409 e. The first-order chi connectivity index (χ1) is 8.56. The van der Waals surface area contributed by atoms with Crippen molar-refractivity contribution in [2.75, 3.05) is 6.54 Å². The van der Waals surface area contributed by atoms with Crippen LogP contribution < -0.4 is 5.73 Å². The Balaban J connectivity index is 2.57. The maximum atomic E-state index is 8.54. The second-order valence-corrected chi connectivity index (χ2v) is 4.61. The molecule has 1 aromatic heterocycles. The molecule has 0 bridgehead atoms. The van der Waals surface area contributed by atoms with E-state index in [9.17, 15) is 0 Å². The molecule has 6 heteroatoms. The Morgan fingerprint density at radius 1 is 1.61 bits per heavy atom. The van der Waals surface area contributed by atoms with Crippen molar-refractivity contribution in [2.24, 2.45) is 10.9 Å². The van der Waals surface area contributed by atoms with Crippen molar-refractivity contribution in [3.8, 4) is 0 Å². The van der Waals surface area contributed by atoms with Gasteiger partial charge in [-0.25, -0.2) is 0 Å². The van der Waals surface area contributed by atoms with E-state index in [1.165, 1.54) is 5.56 Å². The summed E-state index contributed by atoms with van der Waals surface area (Å²) in [5, 5.41) is 15.8. The Hall–Kier alpha value is -1.56. The molecule has 0 saturated carbocycles. The number of nitrogens with two attached hydrogens (primary N) is 1. The lowest BCUT2D eigenvalue weighted by molar-refractivity contribution is 0.217. The fourth-order valence-corrected chi connectivity index (χ4v) is 1.72. The summed E-state index contributed by atoms with van der Waals surface area (Å²) in [5.74, 6) is 0.268. The summed E-state index contributed by atoms with van der Waals surface area (Å²) in [7, 11) is 0. The predicted molar refractivity (Wildman–Crippen MR) is 71.5 cm³/mol. The molecule has 0 spiro atoms. The maximum Gasteiger partial charge on any atom is 0.140 e. The van der Waals surface area contributed by atoms with Crippen molar-refractivity contribution >= 4 is 5.84 Å². The molecule has 0 fully saturated rings. The number of hydrogen-bond acceptors (Lipinski definition) is 4. The van der Waals surface area contributed by atoms with Gasteiger partial charge in [-0.3, -0.25) is 9.58 Å². The fraction of sp³-hybridized carbons (Fsp3) is 0.667. The second-order valence-electron chi connectivity index (χ2n) is 4.61. The molecule has 1 heterocycles. The van der Waals surface area contributed by atoms with Crippen molar-refractivity contribution in [1.29, 1.82) is 0 Å². The summed E-state index contributed by atoms with van der Waals surface area (Å²) < 4.78 is 1.91. The summed E-state index contributed by atoms with van der Waals surface area (Å²) >= 11 is 0. The molecule has 0 aromatic carbocycles. The highest BCUT2D eigenvalue weighted by atomic mass is 16.4. The number of aryl methyl sites for hydroxylation is 1. The van der Waals surface area contributed by atoms with E-state index in [2.05, 4.69) is 42.1 Å². The molecule has 6 nitrogen and oxygen atoms in total. The Morgan fingerprint density at radius 2 is 2.33 bits per heavy atom. The van der Waals surface area contributed by atoms with Crippen LogP contribution in [0.1, 0.15) is 32.8 Å². The van der Waals surface area contributed by atoms with Crippen LogP contribution in [0.5, 0.6) is 0 Å². The normalized spacial score (nSPS) is 12.6. The van der Waals surface area contributed by atoms with E-state index in [0.717, 1.165) is 19.6 Å². The monoisotopic (exact) mass is 253 g/mol. The third-order valence-electron chi connectivity index (χ3n) is 2.91. The Bertz CT molecular complexity index is 386. The van der Waals surface area contributed by atoms with Crippen LogP contribution in [0.2, 0.25) is 0 Å². The van der Waals surface area contributed by atoms with Gasteiger partial charge in [0.2, 0.25) is 0 Å². The van der Waals surface area contributed by atoms with Gasteiger partial charge in [-0.15, -0.1) is 0 Å². The van der Waals surface area contributed by atoms with Crippen LogP contribution in [-0.4, -0.2) is 38.3 Å². The summed E-state index contributed by atoms with van der Waals surface area (Å²) in [4.78, 5) is 2.27. The smallest absolute Gasteiger partial charge is 0.140 e. The second kappa shape index (κ2) is 7.00. The first-order valence-corrected chi connectivity index (χ1v) is 6.28. The number of aromatic nitrogens is 2. The summed E-state index contributed by atoms with van der Waals surface area (Å²) in [6.45, 7) is 8.81. The first kappa shape index (κ1) is 14.5. The molecule has 0 aliphatic carbocycles. The lowest BCUT2D eigenvalue weighted by Crippen LogP contribution is -2.33. The molecule has 0 radical (unpaired) electrons. The van der Waals surface area contributed by atoms with Crippen molar-refractivity contribution in [3.05, 3.63) is 18.0 Å². The van der Waals surface area contributed by atoms with E-state index in [1.54, 1.807) is 0 Å². The lowest BCUT2D eigenvalue weighted by Gasteiger charge is -2.25. The van der Waals surface area contributed by atoms with Gasteiger partial charge in [0.25, 0.3) is 0 Å². The number of oxime groups is 1. The highest BCUT2D eigenvalue weighted by Gasteiger charge is 2.11. The number of hydrogen-bond donors (Lipinski definition) is 2. The van der Waals surface area contributed by atoms with Crippen LogP contribution in [-0.2, 0) is 13.1 Å². The topological polar surface area (TPSA) is 79.7 Å². The van der Waals surface area contributed by atoms with Gasteiger partial charge in [0, 0.05) is 43.9 Å². The molecular weight excluding hydrogens is 230 g/mol. The maximum absolute atomic E-state index is 8.54. The molecule has 0 aliphatic rings. The zero-order valence-corrected chi connectivity index (χ0v) is 11.4. The van der Waals surface area contributed by atoms with E-state index >= 15 is 0 Å². The van der Waals surface area contributed by atoms with Crippen molar-refractivity contribution in [1.82, 2.24) is 14.7 Å². The Labute approximate surface area is 108 Å². The van der Waals surface area contributed by atoms with E-state index in [0.29, 0.717) is 12.5 Å². The van der Waals surface area contributed by atoms with E-state index in [1.807, 2.05) is 10.9 Å². The lowest BCUT2D eigenvalue weighted by atomic mass is 10.2. The van der Waals surface area contributed by atoms with Crippen molar-refractivity contribution in [2.45, 2.75) is 46.3 Å². The molecular formula is C12H23N5O. The SMILES string of the molecule is CCn1cc(CN(CCC(N)=NO)C(C)C)cn1. The third kappa shape index (κ3) is 4.37. The summed E-state index contributed by atoms with van der Waals surface area (Å²) in [6.07, 6.45) is 4.51. The minimum Gasteiger partial charge on any atom is -0.409 e. The van der Waals surface area contributed by atoms with Crippen LogP contribution in [0.4, 0.5) is 0 Å². The number of rotatable bonds is 7.